The summed E-state index contributed by atoms with van der Waals surface area (Å²) in [6, 6.07) is 3.83. The quantitative estimate of drug-likeness (QED) is 0.891. The first kappa shape index (κ1) is 12.5. The van der Waals surface area contributed by atoms with Crippen LogP contribution < -0.4 is 0 Å². The molecule has 1 aromatic heterocycles. The Hall–Kier alpha value is -0.580. The van der Waals surface area contributed by atoms with Crippen LogP contribution in [0, 0.1) is 5.92 Å². The molecule has 0 saturated carbocycles. The van der Waals surface area contributed by atoms with Crippen molar-refractivity contribution in [3.05, 3.63) is 30.1 Å². The van der Waals surface area contributed by atoms with Crippen LogP contribution in [0.15, 0.2) is 24.5 Å². The summed E-state index contributed by atoms with van der Waals surface area (Å²) < 4.78 is 6.00. The van der Waals surface area contributed by atoms with Crippen molar-refractivity contribution in [2.75, 3.05) is 18.1 Å². The van der Waals surface area contributed by atoms with E-state index in [-0.39, 0.29) is 11.7 Å². The number of hydrogen-bond acceptors (Lipinski definition) is 4. The van der Waals surface area contributed by atoms with Crippen molar-refractivity contribution in [3.63, 3.8) is 0 Å². The molecule has 2 aliphatic rings. The fourth-order valence-corrected chi connectivity index (χ4v) is 4.41. The van der Waals surface area contributed by atoms with Crippen LogP contribution >= 0.6 is 11.8 Å². The normalized spacial score (nSPS) is 33.7. The highest BCUT2D eigenvalue weighted by molar-refractivity contribution is 7.99. The molecule has 3 nitrogen and oxygen atoms in total. The van der Waals surface area contributed by atoms with Gasteiger partial charge in [0.1, 0.15) is 0 Å². The summed E-state index contributed by atoms with van der Waals surface area (Å²) in [5.74, 6) is 2.60. The zero-order chi connectivity index (χ0) is 12.4. The zero-order valence-electron chi connectivity index (χ0n) is 10.4. The van der Waals surface area contributed by atoms with Crippen molar-refractivity contribution in [2.24, 2.45) is 5.92 Å². The lowest BCUT2D eigenvalue weighted by Crippen LogP contribution is -2.41. The molecule has 1 N–H and O–H groups in total. The molecule has 2 saturated heterocycles. The predicted molar refractivity (Wildman–Crippen MR) is 72.5 cm³/mol. The van der Waals surface area contributed by atoms with Crippen molar-refractivity contribution < 1.29 is 9.84 Å². The van der Waals surface area contributed by atoms with Gasteiger partial charge in [0.2, 0.25) is 0 Å². The summed E-state index contributed by atoms with van der Waals surface area (Å²) in [6.07, 6.45) is 6.20. The summed E-state index contributed by atoms with van der Waals surface area (Å²) in [4.78, 5) is 4.00. The van der Waals surface area contributed by atoms with E-state index < -0.39 is 0 Å². The van der Waals surface area contributed by atoms with Crippen LogP contribution in [-0.4, -0.2) is 33.8 Å². The summed E-state index contributed by atoms with van der Waals surface area (Å²) in [7, 11) is 0. The van der Waals surface area contributed by atoms with Crippen LogP contribution in [0.4, 0.5) is 0 Å². The van der Waals surface area contributed by atoms with E-state index in [0.717, 1.165) is 37.2 Å². The molecular formula is C14H19NO2S. The van der Waals surface area contributed by atoms with Gasteiger partial charge in [0.25, 0.3) is 0 Å². The molecule has 0 aromatic carbocycles. The highest BCUT2D eigenvalue weighted by Gasteiger charge is 2.42. The van der Waals surface area contributed by atoms with Gasteiger partial charge in [-0.05, 0) is 48.6 Å². The van der Waals surface area contributed by atoms with Gasteiger partial charge in [-0.1, -0.05) is 0 Å². The first-order valence-corrected chi connectivity index (χ1v) is 7.74. The molecule has 2 aliphatic heterocycles. The fraction of sp³-hybridized carbons (Fsp3) is 0.643. The smallest absolute Gasteiger partial charge is 0.0821 e. The number of nitrogens with zero attached hydrogens (tertiary/aromatic N) is 1. The third-order valence-electron chi connectivity index (χ3n) is 4.09. The van der Waals surface area contributed by atoms with Gasteiger partial charge in [0.15, 0.2) is 0 Å². The lowest BCUT2D eigenvalue weighted by Gasteiger charge is -2.39. The molecule has 18 heavy (non-hydrogen) atoms. The molecule has 0 amide bonds. The van der Waals surface area contributed by atoms with Crippen LogP contribution in [-0.2, 0) is 4.74 Å². The lowest BCUT2D eigenvalue weighted by atomic mass is 9.80. The lowest BCUT2D eigenvalue weighted by molar-refractivity contribution is -0.102. The van der Waals surface area contributed by atoms with Gasteiger partial charge in [0, 0.05) is 24.8 Å². The minimum atomic E-state index is -0.376. The number of thioether (sulfide) groups is 1. The molecule has 1 spiro atoms. The monoisotopic (exact) mass is 265 g/mol. The Morgan fingerprint density at radius 3 is 3.00 bits per heavy atom. The molecule has 0 aliphatic carbocycles. The van der Waals surface area contributed by atoms with Gasteiger partial charge in [-0.3, -0.25) is 4.98 Å². The Labute approximate surface area is 112 Å². The number of aliphatic hydroxyl groups is 1. The molecule has 3 heterocycles. The molecule has 3 unspecified atom stereocenters. The van der Waals surface area contributed by atoms with Crippen molar-refractivity contribution in [2.45, 2.75) is 31.0 Å². The molecule has 2 fully saturated rings. The van der Waals surface area contributed by atoms with E-state index in [1.165, 1.54) is 5.75 Å². The van der Waals surface area contributed by atoms with Gasteiger partial charge >= 0.3 is 0 Å². The number of hydrogen-bond donors (Lipinski definition) is 1. The third kappa shape index (κ3) is 2.42. The zero-order valence-corrected chi connectivity index (χ0v) is 11.2. The first-order chi connectivity index (χ1) is 8.79. The van der Waals surface area contributed by atoms with Crippen LogP contribution in [0.2, 0.25) is 0 Å². The minimum absolute atomic E-state index is 0.0432. The van der Waals surface area contributed by atoms with E-state index in [1.54, 1.807) is 12.4 Å². The topological polar surface area (TPSA) is 42.4 Å². The van der Waals surface area contributed by atoms with E-state index in [0.29, 0.717) is 5.92 Å². The molecule has 0 radical (unpaired) electrons. The Balaban J connectivity index is 1.72. The highest BCUT2D eigenvalue weighted by Crippen LogP contribution is 2.43. The Bertz CT molecular complexity index is 392. The number of rotatable bonds is 2. The maximum atomic E-state index is 10.5. The maximum Gasteiger partial charge on any atom is 0.0821 e. The predicted octanol–water partition coefficient (Wildman–Crippen LogP) is 2.42. The second-order valence-corrected chi connectivity index (χ2v) is 6.42. The van der Waals surface area contributed by atoms with Gasteiger partial charge in [0.05, 0.1) is 11.7 Å². The number of pyridine rings is 1. The van der Waals surface area contributed by atoms with Gasteiger partial charge in [-0.2, -0.15) is 11.8 Å². The number of aromatic nitrogens is 1. The van der Waals surface area contributed by atoms with E-state index in [4.69, 9.17) is 4.74 Å². The van der Waals surface area contributed by atoms with E-state index >= 15 is 0 Å². The number of aliphatic hydroxyl groups excluding tert-OH is 1. The van der Waals surface area contributed by atoms with Gasteiger partial charge in [-0.25, -0.2) is 0 Å². The van der Waals surface area contributed by atoms with Gasteiger partial charge in [-0.15, -0.1) is 0 Å². The largest absolute Gasteiger partial charge is 0.388 e. The van der Waals surface area contributed by atoms with Crippen LogP contribution in [0.3, 0.4) is 0 Å². The summed E-state index contributed by atoms with van der Waals surface area (Å²) in [5, 5.41) is 10.5. The SMILES string of the molecule is OC(c1ccncc1)C1CCOC2(CCSC2)C1. The van der Waals surface area contributed by atoms with Crippen molar-refractivity contribution in [1.82, 2.24) is 4.98 Å². The summed E-state index contributed by atoms with van der Waals surface area (Å²) in [5.41, 5.74) is 1.03. The Morgan fingerprint density at radius 2 is 2.28 bits per heavy atom. The van der Waals surface area contributed by atoms with Crippen LogP contribution in [0.5, 0.6) is 0 Å². The Kier molecular flexibility index (Phi) is 3.59. The van der Waals surface area contributed by atoms with E-state index in [2.05, 4.69) is 4.98 Å². The van der Waals surface area contributed by atoms with Gasteiger partial charge < -0.3 is 9.84 Å². The van der Waals surface area contributed by atoms with Crippen molar-refractivity contribution in [3.8, 4) is 0 Å². The van der Waals surface area contributed by atoms with Crippen molar-refractivity contribution in [1.29, 1.82) is 0 Å². The highest BCUT2D eigenvalue weighted by atomic mass is 32.2. The molecule has 98 valence electrons. The van der Waals surface area contributed by atoms with Crippen LogP contribution in [0.1, 0.15) is 30.9 Å². The van der Waals surface area contributed by atoms with E-state index in [9.17, 15) is 5.11 Å². The minimum Gasteiger partial charge on any atom is -0.388 e. The maximum absolute atomic E-state index is 10.5. The third-order valence-corrected chi connectivity index (χ3v) is 5.32. The van der Waals surface area contributed by atoms with Crippen molar-refractivity contribution >= 4 is 11.8 Å². The molecular weight excluding hydrogens is 246 g/mol. The fourth-order valence-electron chi connectivity index (χ4n) is 3.03. The molecule has 3 atom stereocenters. The molecule has 4 heteroatoms. The molecule has 1 aromatic rings. The Morgan fingerprint density at radius 1 is 1.44 bits per heavy atom. The summed E-state index contributed by atoms with van der Waals surface area (Å²) in [6.45, 7) is 0.785. The van der Waals surface area contributed by atoms with E-state index in [1.807, 2.05) is 23.9 Å². The average Bonchev–Trinajstić information content (AvgIpc) is 2.87. The molecule has 3 rings (SSSR count). The standard InChI is InChI=1S/C14H19NO2S/c16-13(11-1-5-15-6-2-11)12-3-7-17-14(9-12)4-8-18-10-14/h1-2,5-6,12-13,16H,3-4,7-10H2. The second-order valence-electron chi connectivity index (χ2n) is 5.31. The van der Waals surface area contributed by atoms with Crippen LogP contribution in [0.25, 0.3) is 0 Å². The average molecular weight is 265 g/mol. The number of ether oxygens (including phenoxy) is 1. The summed E-state index contributed by atoms with van der Waals surface area (Å²) >= 11 is 1.97. The molecule has 0 bridgehead atoms. The second kappa shape index (κ2) is 5.19. The first-order valence-electron chi connectivity index (χ1n) is 6.59.